The highest BCUT2D eigenvalue weighted by Gasteiger charge is 2.41. The Morgan fingerprint density at radius 2 is 1.77 bits per heavy atom. The maximum absolute atomic E-state index is 11.4. The van der Waals surface area contributed by atoms with Gasteiger partial charge in [0.15, 0.2) is 8.32 Å². The van der Waals surface area contributed by atoms with Gasteiger partial charge >= 0.3 is 6.09 Å². The second kappa shape index (κ2) is 12.5. The summed E-state index contributed by atoms with van der Waals surface area (Å²) in [5.41, 5.74) is 1.18. The molecule has 0 saturated carbocycles. The van der Waals surface area contributed by atoms with Gasteiger partial charge in [-0.3, -0.25) is 0 Å². The predicted molar refractivity (Wildman–Crippen MR) is 126 cm³/mol. The molecule has 2 N–H and O–H groups in total. The van der Waals surface area contributed by atoms with Crippen LogP contribution in [0.15, 0.2) is 30.3 Å². The Morgan fingerprint density at radius 1 is 1.13 bits per heavy atom. The van der Waals surface area contributed by atoms with Crippen LogP contribution < -0.4 is 5.32 Å². The normalized spacial score (nSPS) is 14.5. The lowest BCUT2D eigenvalue weighted by atomic mass is 9.96. The molecule has 0 radical (unpaired) electrons. The Balaban J connectivity index is 2.67. The van der Waals surface area contributed by atoms with Crippen molar-refractivity contribution in [3.8, 4) is 0 Å². The van der Waals surface area contributed by atoms with Gasteiger partial charge in [-0.05, 0) is 55.3 Å². The zero-order chi connectivity index (χ0) is 22.8. The van der Waals surface area contributed by atoms with E-state index in [4.69, 9.17) is 9.16 Å². The van der Waals surface area contributed by atoms with E-state index in [-0.39, 0.29) is 17.2 Å². The van der Waals surface area contributed by atoms with Crippen molar-refractivity contribution >= 4 is 14.4 Å². The highest BCUT2D eigenvalue weighted by atomic mass is 28.4. The van der Waals surface area contributed by atoms with Crippen molar-refractivity contribution in [2.45, 2.75) is 97.2 Å². The summed E-state index contributed by atoms with van der Waals surface area (Å²) in [7, 11) is -2.02. The van der Waals surface area contributed by atoms with Gasteiger partial charge in [0.1, 0.15) is 0 Å². The third-order valence-corrected chi connectivity index (χ3v) is 10.4. The Hall–Kier alpha value is -1.37. The van der Waals surface area contributed by atoms with Crippen molar-refractivity contribution in [2.24, 2.45) is 5.92 Å². The van der Waals surface area contributed by atoms with Crippen LogP contribution >= 0.6 is 0 Å². The topological polar surface area (TPSA) is 67.8 Å². The molecule has 0 bridgehead atoms. The van der Waals surface area contributed by atoms with Crippen LogP contribution in [0.25, 0.3) is 0 Å². The molecule has 0 aliphatic carbocycles. The minimum atomic E-state index is -2.02. The van der Waals surface area contributed by atoms with Crippen LogP contribution in [0.1, 0.15) is 65.9 Å². The Kier molecular flexibility index (Phi) is 11.1. The molecule has 6 heteroatoms. The molecule has 172 valence electrons. The van der Waals surface area contributed by atoms with E-state index in [9.17, 15) is 9.90 Å². The van der Waals surface area contributed by atoms with Gasteiger partial charge in [0.2, 0.25) is 0 Å². The molecule has 30 heavy (non-hydrogen) atoms. The van der Waals surface area contributed by atoms with E-state index in [2.05, 4.69) is 65.2 Å². The van der Waals surface area contributed by atoms with Crippen LogP contribution in [0.2, 0.25) is 18.1 Å². The van der Waals surface area contributed by atoms with E-state index in [1.54, 1.807) is 0 Å². The maximum Gasteiger partial charge on any atom is 0.404 e. The number of hydrogen-bond donors (Lipinski definition) is 2. The molecule has 0 fully saturated rings. The number of unbranched alkanes of at least 4 members (excludes halogenated alkanes) is 1. The quantitative estimate of drug-likeness (QED) is 0.275. The third kappa shape index (κ3) is 10.1. The fraction of sp³-hybridized carbons (Fsp3) is 0.708. The van der Waals surface area contributed by atoms with Gasteiger partial charge in [0.05, 0.1) is 18.8 Å². The fourth-order valence-electron chi connectivity index (χ4n) is 3.18. The first kappa shape index (κ1) is 26.7. The molecule has 1 amide bonds. The van der Waals surface area contributed by atoms with Gasteiger partial charge < -0.3 is 19.6 Å². The average molecular weight is 438 g/mol. The van der Waals surface area contributed by atoms with Crippen LogP contribution in [0.5, 0.6) is 0 Å². The predicted octanol–water partition coefficient (Wildman–Crippen LogP) is 6.45. The number of carboxylic acid groups (broad SMARTS) is 1. The van der Waals surface area contributed by atoms with Crippen molar-refractivity contribution < 1.29 is 19.1 Å². The largest absolute Gasteiger partial charge is 0.465 e. The van der Waals surface area contributed by atoms with Crippen LogP contribution in [-0.4, -0.2) is 38.3 Å². The van der Waals surface area contributed by atoms with Gasteiger partial charge in [0, 0.05) is 6.61 Å². The molecule has 0 heterocycles. The summed E-state index contributed by atoms with van der Waals surface area (Å²) in [6, 6.07) is 9.98. The molecule has 0 aromatic heterocycles. The lowest BCUT2D eigenvalue weighted by Gasteiger charge is -2.42. The maximum atomic E-state index is 11.4. The van der Waals surface area contributed by atoms with E-state index >= 15 is 0 Å². The monoisotopic (exact) mass is 437 g/mol. The number of rotatable bonds is 13. The van der Waals surface area contributed by atoms with Gasteiger partial charge in [-0.2, -0.15) is 0 Å². The van der Waals surface area contributed by atoms with E-state index in [0.29, 0.717) is 19.1 Å². The molecule has 1 rings (SSSR count). The molecule has 2 atom stereocenters. The highest BCUT2D eigenvalue weighted by Crippen LogP contribution is 2.38. The molecule has 0 aliphatic rings. The first-order chi connectivity index (χ1) is 13.9. The number of amides is 1. The highest BCUT2D eigenvalue weighted by molar-refractivity contribution is 6.74. The number of hydrogen-bond acceptors (Lipinski definition) is 3. The zero-order valence-corrected chi connectivity index (χ0v) is 21.0. The average Bonchev–Trinajstić information content (AvgIpc) is 2.62. The first-order valence-electron chi connectivity index (χ1n) is 11.2. The Morgan fingerprint density at radius 3 is 2.30 bits per heavy atom. The molecular formula is C24H43NO4Si. The van der Waals surface area contributed by atoms with Crippen LogP contribution in [-0.2, 0) is 15.8 Å². The standard InChI is InChI=1S/C24H43NO4Si/c1-19(2)17-21(25-23(26)27)22(29-30(6,7)24(3,4)5)15-11-12-16-28-18-20-13-9-8-10-14-20/h8-10,13-14,19,21-22,25H,11-12,15-18H2,1-7H3,(H,26,27)/t21-,22?/m1/s1. The van der Waals surface area contributed by atoms with E-state index < -0.39 is 14.4 Å². The molecule has 0 saturated heterocycles. The molecule has 5 nitrogen and oxygen atoms in total. The fourth-order valence-corrected chi connectivity index (χ4v) is 4.57. The minimum absolute atomic E-state index is 0.0790. The van der Waals surface area contributed by atoms with Crippen molar-refractivity contribution in [2.75, 3.05) is 6.61 Å². The second-order valence-electron chi connectivity index (χ2n) is 10.1. The van der Waals surface area contributed by atoms with Crippen molar-refractivity contribution in [3.05, 3.63) is 35.9 Å². The van der Waals surface area contributed by atoms with Crippen molar-refractivity contribution in [3.63, 3.8) is 0 Å². The minimum Gasteiger partial charge on any atom is -0.465 e. The number of carbonyl (C=O) groups is 1. The lowest BCUT2D eigenvalue weighted by Crippen LogP contribution is -2.52. The Labute approximate surface area is 184 Å². The summed E-state index contributed by atoms with van der Waals surface area (Å²) in [6.07, 6.45) is 2.40. The molecule has 1 aromatic rings. The third-order valence-electron chi connectivity index (χ3n) is 5.87. The second-order valence-corrected chi connectivity index (χ2v) is 14.9. The SMILES string of the molecule is CC(C)C[C@@H](NC(=O)O)C(CCCCOCc1ccccc1)O[Si](C)(C)C(C)(C)C. The number of nitrogens with one attached hydrogen (secondary N) is 1. The van der Waals surface area contributed by atoms with Crippen LogP contribution in [0.4, 0.5) is 4.79 Å². The van der Waals surface area contributed by atoms with E-state index in [1.807, 2.05) is 18.2 Å². The number of benzene rings is 1. The summed E-state index contributed by atoms with van der Waals surface area (Å²) in [6.45, 7) is 16.7. The smallest absolute Gasteiger partial charge is 0.404 e. The van der Waals surface area contributed by atoms with Crippen LogP contribution in [0, 0.1) is 5.92 Å². The van der Waals surface area contributed by atoms with Gasteiger partial charge in [0.25, 0.3) is 0 Å². The molecule has 1 aromatic carbocycles. The number of ether oxygens (including phenoxy) is 1. The first-order valence-corrected chi connectivity index (χ1v) is 14.1. The summed E-state index contributed by atoms with van der Waals surface area (Å²) in [5, 5.41) is 12.2. The summed E-state index contributed by atoms with van der Waals surface area (Å²) >= 11 is 0. The molecule has 1 unspecified atom stereocenters. The lowest BCUT2D eigenvalue weighted by molar-refractivity contribution is 0.0942. The van der Waals surface area contributed by atoms with E-state index in [1.165, 1.54) is 5.56 Å². The van der Waals surface area contributed by atoms with E-state index in [0.717, 1.165) is 25.7 Å². The van der Waals surface area contributed by atoms with Gasteiger partial charge in [-0.25, -0.2) is 4.79 Å². The van der Waals surface area contributed by atoms with Crippen LogP contribution in [0.3, 0.4) is 0 Å². The molecule has 0 aliphatic heterocycles. The van der Waals surface area contributed by atoms with Crippen molar-refractivity contribution in [1.82, 2.24) is 5.32 Å². The zero-order valence-electron chi connectivity index (χ0n) is 20.0. The van der Waals surface area contributed by atoms with Crippen molar-refractivity contribution in [1.29, 1.82) is 0 Å². The van der Waals surface area contributed by atoms with Gasteiger partial charge in [-0.1, -0.05) is 65.0 Å². The molecule has 0 spiro atoms. The molecular weight excluding hydrogens is 394 g/mol. The summed E-state index contributed by atoms with van der Waals surface area (Å²) in [5.74, 6) is 0.390. The Bertz CT molecular complexity index is 613. The summed E-state index contributed by atoms with van der Waals surface area (Å²) in [4.78, 5) is 11.4. The van der Waals surface area contributed by atoms with Gasteiger partial charge in [-0.15, -0.1) is 0 Å². The summed E-state index contributed by atoms with van der Waals surface area (Å²) < 4.78 is 12.5.